The number of carbonyl (C=O) groups excluding carboxylic acids is 1. The maximum Gasteiger partial charge on any atom is 0.234 e. The van der Waals surface area contributed by atoms with Gasteiger partial charge in [-0.25, -0.2) is 0 Å². The predicted octanol–water partition coefficient (Wildman–Crippen LogP) is 4.69. The molecule has 7 nitrogen and oxygen atoms in total. The van der Waals surface area contributed by atoms with Gasteiger partial charge in [-0.2, -0.15) is 0 Å². The number of rotatable bonds is 5. The summed E-state index contributed by atoms with van der Waals surface area (Å²) in [6, 6.07) is 21.0. The number of thioether (sulfide) groups is 1. The van der Waals surface area contributed by atoms with E-state index in [1.54, 1.807) is 0 Å². The van der Waals surface area contributed by atoms with E-state index in [9.17, 15) is 4.79 Å². The van der Waals surface area contributed by atoms with E-state index in [1.807, 2.05) is 78.3 Å². The number of nitrogens with two attached hydrogens (primary N) is 1. The number of para-hydroxylation sites is 1. The fourth-order valence-corrected chi connectivity index (χ4v) is 4.17. The molecule has 3 N–H and O–H groups in total. The highest BCUT2D eigenvalue weighted by Crippen LogP contribution is 2.30. The number of nitrogen functional groups attached to an aromatic ring is 1. The molecule has 2 aromatic heterocycles. The normalized spacial score (nSPS) is 11.3. The summed E-state index contributed by atoms with van der Waals surface area (Å²) in [6.07, 6.45) is 0. The highest BCUT2D eigenvalue weighted by atomic mass is 32.2. The summed E-state index contributed by atoms with van der Waals surface area (Å²) in [5.74, 6) is 0.807. The van der Waals surface area contributed by atoms with Crippen molar-refractivity contribution in [2.45, 2.75) is 5.16 Å². The van der Waals surface area contributed by atoms with E-state index < -0.39 is 0 Å². The van der Waals surface area contributed by atoms with Crippen LogP contribution in [0.3, 0.4) is 0 Å². The van der Waals surface area contributed by atoms with Gasteiger partial charge < -0.3 is 20.0 Å². The van der Waals surface area contributed by atoms with Crippen LogP contribution in [-0.4, -0.2) is 26.4 Å². The number of amides is 1. The molecule has 0 aliphatic heterocycles. The average molecular weight is 430 g/mol. The number of nitrogens with one attached hydrogen (secondary N) is 1. The van der Waals surface area contributed by atoms with Crippen molar-refractivity contribution in [3.05, 3.63) is 66.7 Å². The molecule has 5 aromatic rings. The van der Waals surface area contributed by atoms with Crippen molar-refractivity contribution >= 4 is 51.0 Å². The Kier molecular flexibility index (Phi) is 4.83. The number of anilines is 2. The van der Waals surface area contributed by atoms with Crippen LogP contribution in [0.15, 0.2) is 76.3 Å². The van der Waals surface area contributed by atoms with Crippen molar-refractivity contribution < 1.29 is 9.21 Å². The molecule has 2 heterocycles. The summed E-state index contributed by atoms with van der Waals surface area (Å²) in [5.41, 5.74) is 9.62. The molecule has 0 saturated carbocycles. The third-order valence-electron chi connectivity index (χ3n) is 5.00. The lowest BCUT2D eigenvalue weighted by Crippen LogP contribution is -2.14. The molecule has 3 aromatic carbocycles. The van der Waals surface area contributed by atoms with Crippen LogP contribution in [0.2, 0.25) is 0 Å². The van der Waals surface area contributed by atoms with Gasteiger partial charge in [0.1, 0.15) is 11.2 Å². The molecule has 0 unspecified atom stereocenters. The van der Waals surface area contributed by atoms with Crippen LogP contribution in [0.1, 0.15) is 0 Å². The standard InChI is InChI=1S/C23H19N5O2S/c1-28-22(14-6-8-15(24)9-7-14)26-27-23(28)31-13-21(29)25-16-10-11-18-17-4-2-3-5-19(17)30-20(18)12-16/h2-12H,13,24H2,1H3,(H,25,29). The largest absolute Gasteiger partial charge is 0.456 e. The number of fused-ring (bicyclic) bond motifs is 3. The molecule has 0 fully saturated rings. The Morgan fingerprint density at radius 1 is 1.03 bits per heavy atom. The molecule has 5 rings (SSSR count). The lowest BCUT2D eigenvalue weighted by Gasteiger charge is -2.06. The second kappa shape index (κ2) is 7.81. The highest BCUT2D eigenvalue weighted by molar-refractivity contribution is 7.99. The lowest BCUT2D eigenvalue weighted by molar-refractivity contribution is -0.113. The molecule has 0 aliphatic rings. The van der Waals surface area contributed by atoms with Crippen LogP contribution in [0.5, 0.6) is 0 Å². The molecule has 0 saturated heterocycles. The van der Waals surface area contributed by atoms with Gasteiger partial charge in [0.2, 0.25) is 5.91 Å². The van der Waals surface area contributed by atoms with Gasteiger partial charge in [0.15, 0.2) is 11.0 Å². The minimum absolute atomic E-state index is 0.127. The van der Waals surface area contributed by atoms with Crippen LogP contribution in [-0.2, 0) is 11.8 Å². The van der Waals surface area contributed by atoms with E-state index in [2.05, 4.69) is 15.5 Å². The summed E-state index contributed by atoms with van der Waals surface area (Å²) < 4.78 is 7.75. The Morgan fingerprint density at radius 3 is 2.65 bits per heavy atom. The molecule has 0 bridgehead atoms. The van der Waals surface area contributed by atoms with Crippen molar-refractivity contribution in [3.8, 4) is 11.4 Å². The van der Waals surface area contributed by atoms with Crippen molar-refractivity contribution in [2.24, 2.45) is 7.05 Å². The monoisotopic (exact) mass is 429 g/mol. The van der Waals surface area contributed by atoms with Gasteiger partial charge in [0, 0.05) is 40.8 Å². The third kappa shape index (κ3) is 3.73. The van der Waals surface area contributed by atoms with Crippen molar-refractivity contribution in [3.63, 3.8) is 0 Å². The van der Waals surface area contributed by atoms with Crippen molar-refractivity contribution in [1.29, 1.82) is 0 Å². The van der Waals surface area contributed by atoms with Crippen LogP contribution in [0.25, 0.3) is 33.3 Å². The van der Waals surface area contributed by atoms with E-state index in [4.69, 9.17) is 10.2 Å². The van der Waals surface area contributed by atoms with Gasteiger partial charge in [0.05, 0.1) is 5.75 Å². The number of hydrogen-bond donors (Lipinski definition) is 2. The summed E-state index contributed by atoms with van der Waals surface area (Å²) in [7, 11) is 1.88. The van der Waals surface area contributed by atoms with Crippen LogP contribution in [0, 0.1) is 0 Å². The van der Waals surface area contributed by atoms with E-state index in [0.717, 1.165) is 33.3 Å². The van der Waals surface area contributed by atoms with Gasteiger partial charge in [0.25, 0.3) is 0 Å². The van der Waals surface area contributed by atoms with E-state index in [-0.39, 0.29) is 11.7 Å². The van der Waals surface area contributed by atoms with E-state index in [0.29, 0.717) is 16.5 Å². The zero-order chi connectivity index (χ0) is 21.4. The van der Waals surface area contributed by atoms with Crippen molar-refractivity contribution in [2.75, 3.05) is 16.8 Å². The predicted molar refractivity (Wildman–Crippen MR) is 124 cm³/mol. The molecule has 1 amide bonds. The number of aromatic nitrogens is 3. The van der Waals surface area contributed by atoms with Gasteiger partial charge in [-0.3, -0.25) is 4.79 Å². The maximum absolute atomic E-state index is 12.5. The maximum atomic E-state index is 12.5. The second-order valence-corrected chi connectivity index (χ2v) is 8.08. The second-order valence-electron chi connectivity index (χ2n) is 7.13. The summed E-state index contributed by atoms with van der Waals surface area (Å²) in [4.78, 5) is 12.5. The Hall–Kier alpha value is -3.78. The first-order valence-electron chi connectivity index (χ1n) is 9.68. The smallest absolute Gasteiger partial charge is 0.234 e. The third-order valence-corrected chi connectivity index (χ3v) is 6.02. The summed E-state index contributed by atoms with van der Waals surface area (Å²) >= 11 is 1.33. The summed E-state index contributed by atoms with van der Waals surface area (Å²) in [6.45, 7) is 0. The summed E-state index contributed by atoms with van der Waals surface area (Å²) in [5, 5.41) is 14.1. The minimum Gasteiger partial charge on any atom is -0.456 e. The zero-order valence-electron chi connectivity index (χ0n) is 16.7. The van der Waals surface area contributed by atoms with Crippen molar-refractivity contribution in [1.82, 2.24) is 14.8 Å². The minimum atomic E-state index is -0.127. The number of nitrogens with zero attached hydrogens (tertiary/aromatic N) is 3. The number of carbonyl (C=O) groups is 1. The zero-order valence-corrected chi connectivity index (χ0v) is 17.5. The number of benzene rings is 3. The molecule has 0 atom stereocenters. The topological polar surface area (TPSA) is 99.0 Å². The van der Waals surface area contributed by atoms with Gasteiger partial charge in [-0.1, -0.05) is 30.0 Å². The van der Waals surface area contributed by atoms with E-state index >= 15 is 0 Å². The Bertz CT molecular complexity index is 1410. The van der Waals surface area contributed by atoms with Gasteiger partial charge in [-0.05, 0) is 42.5 Å². The SMILES string of the molecule is Cn1c(SCC(=O)Nc2ccc3c(c2)oc2ccccc23)nnc1-c1ccc(N)cc1. The van der Waals surface area contributed by atoms with Gasteiger partial charge >= 0.3 is 0 Å². The highest BCUT2D eigenvalue weighted by Gasteiger charge is 2.14. The molecule has 0 spiro atoms. The van der Waals surface area contributed by atoms with Gasteiger partial charge in [-0.15, -0.1) is 10.2 Å². The molecular weight excluding hydrogens is 410 g/mol. The van der Waals surface area contributed by atoms with Crippen LogP contribution >= 0.6 is 11.8 Å². The molecular formula is C23H19N5O2S. The average Bonchev–Trinajstić information content (AvgIpc) is 3.32. The first-order chi connectivity index (χ1) is 15.1. The van der Waals surface area contributed by atoms with E-state index in [1.165, 1.54) is 11.8 Å². The molecule has 8 heteroatoms. The van der Waals surface area contributed by atoms with Crippen LogP contribution in [0.4, 0.5) is 11.4 Å². The molecule has 0 radical (unpaired) electrons. The Morgan fingerprint density at radius 2 is 1.81 bits per heavy atom. The fraction of sp³-hybridized carbons (Fsp3) is 0.0870. The van der Waals surface area contributed by atoms with Crippen LogP contribution < -0.4 is 11.1 Å². The Labute approximate surface area is 182 Å². The first-order valence-corrected chi connectivity index (χ1v) is 10.7. The number of furan rings is 1. The Balaban J connectivity index is 1.27. The molecule has 0 aliphatic carbocycles. The quantitative estimate of drug-likeness (QED) is 0.310. The first kappa shape index (κ1) is 19.2. The number of hydrogen-bond acceptors (Lipinski definition) is 6. The lowest BCUT2D eigenvalue weighted by atomic mass is 10.1. The fourth-order valence-electron chi connectivity index (χ4n) is 3.45. The molecule has 31 heavy (non-hydrogen) atoms. The molecule has 154 valence electrons.